The Morgan fingerprint density at radius 3 is 2.57 bits per heavy atom. The SMILES string of the molecule is CCN(CC)C(=O)Cc1n[nH]c(S)n1. The summed E-state index contributed by atoms with van der Waals surface area (Å²) in [5, 5.41) is 6.87. The minimum absolute atomic E-state index is 0.0438. The Morgan fingerprint density at radius 1 is 1.50 bits per heavy atom. The summed E-state index contributed by atoms with van der Waals surface area (Å²) < 4.78 is 0. The molecule has 1 N–H and O–H groups in total. The molecule has 6 heteroatoms. The Morgan fingerprint density at radius 2 is 2.14 bits per heavy atom. The van der Waals surface area contributed by atoms with E-state index in [9.17, 15) is 4.79 Å². The van der Waals surface area contributed by atoms with Crippen LogP contribution in [0.1, 0.15) is 19.7 Å². The molecule has 0 atom stereocenters. The van der Waals surface area contributed by atoms with E-state index in [1.54, 1.807) is 4.90 Å². The van der Waals surface area contributed by atoms with Gasteiger partial charge in [-0.05, 0) is 13.8 Å². The number of rotatable bonds is 4. The summed E-state index contributed by atoms with van der Waals surface area (Å²) >= 11 is 3.97. The third-order valence-corrected chi connectivity index (χ3v) is 2.15. The third kappa shape index (κ3) is 2.73. The maximum atomic E-state index is 11.6. The van der Waals surface area contributed by atoms with Gasteiger partial charge in [0.25, 0.3) is 0 Å². The van der Waals surface area contributed by atoms with E-state index >= 15 is 0 Å². The predicted molar refractivity (Wildman–Crippen MR) is 55.3 cm³/mol. The summed E-state index contributed by atoms with van der Waals surface area (Å²) in [7, 11) is 0. The van der Waals surface area contributed by atoms with E-state index in [-0.39, 0.29) is 12.3 Å². The fraction of sp³-hybridized carbons (Fsp3) is 0.625. The smallest absolute Gasteiger partial charge is 0.230 e. The number of H-pyrrole nitrogens is 1. The van der Waals surface area contributed by atoms with Crippen LogP contribution in [-0.4, -0.2) is 39.1 Å². The quantitative estimate of drug-likeness (QED) is 0.718. The van der Waals surface area contributed by atoms with E-state index in [0.29, 0.717) is 24.1 Å². The summed E-state index contributed by atoms with van der Waals surface area (Å²) in [5.41, 5.74) is 0. The second kappa shape index (κ2) is 4.99. The minimum Gasteiger partial charge on any atom is -0.343 e. The molecule has 1 amide bonds. The van der Waals surface area contributed by atoms with Crippen LogP contribution < -0.4 is 0 Å². The number of aromatic amines is 1. The lowest BCUT2D eigenvalue weighted by Gasteiger charge is -2.17. The number of carbonyl (C=O) groups excluding carboxylic acids is 1. The molecule has 78 valence electrons. The molecule has 0 aliphatic carbocycles. The zero-order valence-corrected chi connectivity index (χ0v) is 9.21. The average Bonchev–Trinajstić information content (AvgIpc) is 2.53. The molecule has 1 aromatic rings. The highest BCUT2D eigenvalue weighted by Crippen LogP contribution is 2.00. The molecule has 0 aliphatic rings. The lowest BCUT2D eigenvalue weighted by atomic mass is 10.3. The Kier molecular flexibility index (Phi) is 3.94. The van der Waals surface area contributed by atoms with Crippen LogP contribution in [0.25, 0.3) is 0 Å². The summed E-state index contributed by atoms with van der Waals surface area (Å²) in [6, 6.07) is 0. The highest BCUT2D eigenvalue weighted by Gasteiger charge is 2.12. The van der Waals surface area contributed by atoms with Gasteiger partial charge < -0.3 is 4.90 Å². The standard InChI is InChI=1S/C8H14N4OS/c1-3-12(4-2)7(13)5-6-9-8(14)11-10-6/h3-5H2,1-2H3,(H2,9,10,11,14). The first-order chi connectivity index (χ1) is 6.67. The number of amides is 1. The highest BCUT2D eigenvalue weighted by molar-refractivity contribution is 7.80. The fourth-order valence-electron chi connectivity index (χ4n) is 1.19. The molecule has 0 fully saturated rings. The minimum atomic E-state index is 0.0438. The molecule has 1 aromatic heterocycles. The first-order valence-electron chi connectivity index (χ1n) is 4.55. The van der Waals surface area contributed by atoms with Crippen molar-refractivity contribution in [3.05, 3.63) is 5.82 Å². The third-order valence-electron chi connectivity index (χ3n) is 1.95. The van der Waals surface area contributed by atoms with Gasteiger partial charge >= 0.3 is 0 Å². The van der Waals surface area contributed by atoms with Gasteiger partial charge in [-0.15, -0.1) is 12.6 Å². The van der Waals surface area contributed by atoms with E-state index in [1.165, 1.54) is 0 Å². The molecule has 0 saturated carbocycles. The van der Waals surface area contributed by atoms with Gasteiger partial charge in [0, 0.05) is 13.1 Å². The molecule has 0 radical (unpaired) electrons. The molecular weight excluding hydrogens is 200 g/mol. The van der Waals surface area contributed by atoms with Crippen molar-refractivity contribution in [3.63, 3.8) is 0 Å². The van der Waals surface area contributed by atoms with Crippen LogP contribution in [0.4, 0.5) is 0 Å². The van der Waals surface area contributed by atoms with Crippen molar-refractivity contribution in [2.24, 2.45) is 0 Å². The topological polar surface area (TPSA) is 61.9 Å². The van der Waals surface area contributed by atoms with Crippen LogP contribution in [0.3, 0.4) is 0 Å². The second-order valence-corrected chi connectivity index (χ2v) is 3.24. The van der Waals surface area contributed by atoms with E-state index in [4.69, 9.17) is 0 Å². The molecule has 5 nitrogen and oxygen atoms in total. The number of hydrogen-bond acceptors (Lipinski definition) is 4. The molecule has 14 heavy (non-hydrogen) atoms. The van der Waals surface area contributed by atoms with Crippen LogP contribution in [0, 0.1) is 0 Å². The molecular formula is C8H14N4OS. The molecule has 0 aromatic carbocycles. The van der Waals surface area contributed by atoms with E-state index in [0.717, 1.165) is 0 Å². The maximum Gasteiger partial charge on any atom is 0.230 e. The van der Waals surface area contributed by atoms with Crippen molar-refractivity contribution < 1.29 is 4.79 Å². The average molecular weight is 214 g/mol. The molecule has 0 aliphatic heterocycles. The van der Waals surface area contributed by atoms with Crippen LogP contribution in [0.5, 0.6) is 0 Å². The van der Waals surface area contributed by atoms with Gasteiger partial charge in [-0.1, -0.05) is 0 Å². The number of nitrogens with one attached hydrogen (secondary N) is 1. The van der Waals surface area contributed by atoms with E-state index in [2.05, 4.69) is 27.8 Å². The van der Waals surface area contributed by atoms with Gasteiger partial charge in [-0.2, -0.15) is 5.10 Å². The van der Waals surface area contributed by atoms with Gasteiger partial charge in [-0.25, -0.2) is 4.98 Å². The van der Waals surface area contributed by atoms with E-state index < -0.39 is 0 Å². The monoisotopic (exact) mass is 214 g/mol. The summed E-state index contributed by atoms with van der Waals surface area (Å²) in [5.74, 6) is 0.536. The van der Waals surface area contributed by atoms with E-state index in [1.807, 2.05) is 13.8 Å². The lowest BCUT2D eigenvalue weighted by Crippen LogP contribution is -2.32. The van der Waals surface area contributed by atoms with Crippen molar-refractivity contribution in [2.75, 3.05) is 13.1 Å². The normalized spacial score (nSPS) is 10.2. The van der Waals surface area contributed by atoms with Gasteiger partial charge in [0.2, 0.25) is 5.91 Å². The second-order valence-electron chi connectivity index (χ2n) is 2.82. The zero-order valence-electron chi connectivity index (χ0n) is 8.32. The van der Waals surface area contributed by atoms with Gasteiger partial charge in [0.15, 0.2) is 11.0 Å². The van der Waals surface area contributed by atoms with Crippen LogP contribution in [0.2, 0.25) is 0 Å². The number of aromatic nitrogens is 3. The lowest BCUT2D eigenvalue weighted by molar-refractivity contribution is -0.130. The molecule has 1 rings (SSSR count). The van der Waals surface area contributed by atoms with Crippen molar-refractivity contribution in [1.82, 2.24) is 20.1 Å². The molecule has 0 spiro atoms. The van der Waals surface area contributed by atoms with Crippen molar-refractivity contribution in [2.45, 2.75) is 25.4 Å². The van der Waals surface area contributed by atoms with Gasteiger partial charge in [0.05, 0.1) is 6.42 Å². The summed E-state index contributed by atoms with van der Waals surface area (Å²) in [6.45, 7) is 5.33. The van der Waals surface area contributed by atoms with Crippen LogP contribution in [0.15, 0.2) is 5.16 Å². The summed E-state index contributed by atoms with van der Waals surface area (Å²) in [4.78, 5) is 17.3. The molecule has 0 bridgehead atoms. The first kappa shape index (κ1) is 11.0. The van der Waals surface area contributed by atoms with Gasteiger partial charge in [0.1, 0.15) is 0 Å². The highest BCUT2D eigenvalue weighted by atomic mass is 32.1. The van der Waals surface area contributed by atoms with Gasteiger partial charge in [-0.3, -0.25) is 9.89 Å². The predicted octanol–water partition coefficient (Wildman–Crippen LogP) is 0.504. The Balaban J connectivity index is 2.56. The Bertz CT molecular complexity index is 308. The molecule has 1 heterocycles. The maximum absolute atomic E-state index is 11.6. The van der Waals surface area contributed by atoms with Crippen LogP contribution >= 0.6 is 12.6 Å². The Hall–Kier alpha value is -1.04. The molecule has 0 unspecified atom stereocenters. The number of hydrogen-bond donors (Lipinski definition) is 2. The fourth-order valence-corrected chi connectivity index (χ4v) is 1.35. The number of thiol groups is 1. The largest absolute Gasteiger partial charge is 0.343 e. The Labute approximate surface area is 88.3 Å². The number of carbonyl (C=O) groups is 1. The van der Waals surface area contributed by atoms with Crippen LogP contribution in [-0.2, 0) is 11.2 Å². The van der Waals surface area contributed by atoms with Crippen molar-refractivity contribution in [3.8, 4) is 0 Å². The number of nitrogens with zero attached hydrogens (tertiary/aromatic N) is 3. The van der Waals surface area contributed by atoms with Crippen molar-refractivity contribution >= 4 is 18.5 Å². The number of likely N-dealkylation sites (N-methyl/N-ethyl adjacent to an activating group) is 1. The van der Waals surface area contributed by atoms with Crippen molar-refractivity contribution in [1.29, 1.82) is 0 Å². The summed E-state index contributed by atoms with van der Waals surface area (Å²) in [6.07, 6.45) is 0.235. The zero-order chi connectivity index (χ0) is 10.6. The first-order valence-corrected chi connectivity index (χ1v) is 5.00. The molecule has 0 saturated heterocycles.